The fourth-order valence-corrected chi connectivity index (χ4v) is 3.09. The predicted octanol–water partition coefficient (Wildman–Crippen LogP) is 2.07. The summed E-state index contributed by atoms with van der Waals surface area (Å²) >= 11 is 1.82. The summed E-state index contributed by atoms with van der Waals surface area (Å²) in [7, 11) is 0. The minimum Gasteiger partial charge on any atom is -0.481 e. The highest BCUT2D eigenvalue weighted by Crippen LogP contribution is 2.42. The van der Waals surface area contributed by atoms with Crippen LogP contribution in [0.2, 0.25) is 0 Å². The second-order valence-corrected chi connectivity index (χ2v) is 6.45. The number of urea groups is 1. The van der Waals surface area contributed by atoms with E-state index < -0.39 is 5.97 Å². The Bertz CT molecular complexity index is 314. The van der Waals surface area contributed by atoms with Gasteiger partial charge in [-0.05, 0) is 25.0 Å². The molecule has 1 unspecified atom stereocenters. The summed E-state index contributed by atoms with van der Waals surface area (Å²) < 4.78 is 0.225. The third kappa shape index (κ3) is 5.30. The van der Waals surface area contributed by atoms with Crippen molar-refractivity contribution in [2.45, 2.75) is 43.8 Å². The van der Waals surface area contributed by atoms with Crippen LogP contribution in [0.15, 0.2) is 0 Å². The molecule has 1 atom stereocenters. The Morgan fingerprint density at radius 3 is 2.47 bits per heavy atom. The summed E-state index contributed by atoms with van der Waals surface area (Å²) in [6, 6.07) is -0.191. The maximum Gasteiger partial charge on any atom is 0.314 e. The molecule has 110 valence electrons. The fourth-order valence-electron chi connectivity index (χ4n) is 2.17. The first kappa shape index (κ1) is 16.1. The van der Waals surface area contributed by atoms with Crippen LogP contribution < -0.4 is 10.6 Å². The first-order valence-electron chi connectivity index (χ1n) is 6.80. The molecule has 0 aliphatic heterocycles. The minimum absolute atomic E-state index is 0.00135. The van der Waals surface area contributed by atoms with Gasteiger partial charge in [-0.25, -0.2) is 4.79 Å². The van der Waals surface area contributed by atoms with E-state index in [9.17, 15) is 9.59 Å². The van der Waals surface area contributed by atoms with E-state index in [2.05, 4.69) is 16.9 Å². The van der Waals surface area contributed by atoms with E-state index in [1.54, 1.807) is 0 Å². The number of carbonyl (C=O) groups is 2. The van der Waals surface area contributed by atoms with Crippen LogP contribution in [0.4, 0.5) is 4.79 Å². The first-order valence-corrected chi connectivity index (χ1v) is 8.02. The van der Waals surface area contributed by atoms with Gasteiger partial charge in [0.1, 0.15) is 0 Å². The van der Waals surface area contributed by atoms with Crippen LogP contribution in [-0.4, -0.2) is 41.2 Å². The van der Waals surface area contributed by atoms with Gasteiger partial charge in [-0.3, -0.25) is 4.79 Å². The number of carboxylic acids is 1. The Balaban J connectivity index is 2.21. The van der Waals surface area contributed by atoms with Crippen molar-refractivity contribution in [3.8, 4) is 0 Å². The van der Waals surface area contributed by atoms with Gasteiger partial charge < -0.3 is 15.7 Å². The molecule has 0 bridgehead atoms. The molecule has 0 saturated heterocycles. The molecule has 2 amide bonds. The molecule has 1 aliphatic carbocycles. The van der Waals surface area contributed by atoms with Crippen LogP contribution in [0.25, 0.3) is 0 Å². The van der Waals surface area contributed by atoms with Gasteiger partial charge >= 0.3 is 12.0 Å². The second kappa shape index (κ2) is 7.62. The van der Waals surface area contributed by atoms with Crippen LogP contribution in [0.5, 0.6) is 0 Å². The summed E-state index contributed by atoms with van der Waals surface area (Å²) in [5.74, 6) is -0.814. The fraction of sp³-hybridized carbons (Fsp3) is 0.846. The van der Waals surface area contributed by atoms with Crippen molar-refractivity contribution < 1.29 is 14.7 Å². The molecule has 0 radical (unpaired) electrons. The molecule has 1 rings (SSSR count). The highest BCUT2D eigenvalue weighted by Gasteiger charge is 2.36. The number of hydrogen-bond acceptors (Lipinski definition) is 3. The SMILES string of the molecule is CCC(CNC(=O)NCC1(SC)CCC1)CC(=O)O. The molecule has 0 aromatic rings. The zero-order valence-electron chi connectivity index (χ0n) is 11.7. The van der Waals surface area contributed by atoms with Crippen molar-refractivity contribution >= 4 is 23.8 Å². The monoisotopic (exact) mass is 288 g/mol. The molecule has 1 saturated carbocycles. The summed E-state index contributed by atoms with van der Waals surface area (Å²) in [5, 5.41) is 14.4. The molecule has 5 nitrogen and oxygen atoms in total. The van der Waals surface area contributed by atoms with Crippen LogP contribution in [0, 0.1) is 5.92 Å². The number of thioether (sulfide) groups is 1. The number of carboxylic acid groups (broad SMARTS) is 1. The normalized spacial score (nSPS) is 18.2. The van der Waals surface area contributed by atoms with Crippen molar-refractivity contribution in [1.29, 1.82) is 0 Å². The quantitative estimate of drug-likeness (QED) is 0.639. The number of carbonyl (C=O) groups excluding carboxylic acids is 1. The number of amides is 2. The first-order chi connectivity index (χ1) is 9.01. The third-order valence-corrected chi connectivity index (χ3v) is 5.28. The van der Waals surface area contributed by atoms with E-state index in [0.717, 1.165) is 19.3 Å². The van der Waals surface area contributed by atoms with E-state index in [1.807, 2.05) is 18.7 Å². The number of rotatable bonds is 8. The van der Waals surface area contributed by atoms with Crippen molar-refractivity contribution in [3.63, 3.8) is 0 Å². The summed E-state index contributed by atoms with van der Waals surface area (Å²) in [4.78, 5) is 22.3. The molecular formula is C13H24N2O3S. The zero-order chi connectivity index (χ0) is 14.3. The smallest absolute Gasteiger partial charge is 0.314 e. The van der Waals surface area contributed by atoms with Gasteiger partial charge in [-0.15, -0.1) is 0 Å². The molecule has 6 heteroatoms. The topological polar surface area (TPSA) is 78.4 Å². The third-order valence-electron chi connectivity index (χ3n) is 3.86. The van der Waals surface area contributed by atoms with E-state index >= 15 is 0 Å². The number of nitrogens with one attached hydrogen (secondary N) is 2. The molecule has 3 N–H and O–H groups in total. The standard InChI is InChI=1S/C13H24N2O3S/c1-3-10(7-11(16)17)8-14-12(18)15-9-13(19-2)5-4-6-13/h10H,3-9H2,1-2H3,(H,16,17)(H2,14,15,18). The Morgan fingerprint density at radius 1 is 1.37 bits per heavy atom. The van der Waals surface area contributed by atoms with Crippen molar-refractivity contribution in [2.24, 2.45) is 5.92 Å². The molecule has 19 heavy (non-hydrogen) atoms. The summed E-state index contributed by atoms with van der Waals surface area (Å²) in [6.07, 6.45) is 6.49. The molecule has 0 aromatic heterocycles. The molecule has 1 fully saturated rings. The maximum atomic E-state index is 11.7. The lowest BCUT2D eigenvalue weighted by atomic mass is 9.84. The van der Waals surface area contributed by atoms with Crippen molar-refractivity contribution in [1.82, 2.24) is 10.6 Å². The van der Waals surface area contributed by atoms with E-state index in [-0.39, 0.29) is 23.1 Å². The predicted molar refractivity (Wildman–Crippen MR) is 77.5 cm³/mol. The number of hydrogen-bond donors (Lipinski definition) is 3. The van der Waals surface area contributed by atoms with Gasteiger partial charge in [0.25, 0.3) is 0 Å². The van der Waals surface area contributed by atoms with Gasteiger partial charge in [-0.1, -0.05) is 19.8 Å². The molecule has 1 aliphatic rings. The average molecular weight is 288 g/mol. The van der Waals surface area contributed by atoms with Crippen LogP contribution in [-0.2, 0) is 4.79 Å². The summed E-state index contributed by atoms with van der Waals surface area (Å²) in [5.41, 5.74) is 0. The molecule has 0 spiro atoms. The Morgan fingerprint density at radius 2 is 2.05 bits per heavy atom. The van der Waals surface area contributed by atoms with Gasteiger partial charge in [0.2, 0.25) is 0 Å². The Kier molecular flexibility index (Phi) is 6.48. The zero-order valence-corrected chi connectivity index (χ0v) is 12.5. The number of aliphatic carboxylic acids is 1. The largest absolute Gasteiger partial charge is 0.481 e. The van der Waals surface area contributed by atoms with E-state index in [1.165, 1.54) is 6.42 Å². The van der Waals surface area contributed by atoms with Crippen LogP contribution in [0.3, 0.4) is 0 Å². The Hall–Kier alpha value is -0.910. The highest BCUT2D eigenvalue weighted by molar-refractivity contribution is 8.00. The summed E-state index contributed by atoms with van der Waals surface area (Å²) in [6.45, 7) is 3.04. The molecule has 0 heterocycles. The lowest BCUT2D eigenvalue weighted by Gasteiger charge is -2.40. The van der Waals surface area contributed by atoms with E-state index in [0.29, 0.717) is 13.1 Å². The second-order valence-electron chi connectivity index (χ2n) is 5.18. The maximum absolute atomic E-state index is 11.7. The average Bonchev–Trinajstić information content (AvgIpc) is 2.33. The molecular weight excluding hydrogens is 264 g/mol. The molecule has 0 aromatic carbocycles. The van der Waals surface area contributed by atoms with Gasteiger partial charge in [0, 0.05) is 24.3 Å². The van der Waals surface area contributed by atoms with Crippen LogP contribution in [0.1, 0.15) is 39.0 Å². The van der Waals surface area contributed by atoms with Crippen molar-refractivity contribution in [2.75, 3.05) is 19.3 Å². The highest BCUT2D eigenvalue weighted by atomic mass is 32.2. The van der Waals surface area contributed by atoms with Gasteiger partial charge in [-0.2, -0.15) is 11.8 Å². The van der Waals surface area contributed by atoms with Crippen LogP contribution >= 0.6 is 11.8 Å². The van der Waals surface area contributed by atoms with Gasteiger partial charge in [0.15, 0.2) is 0 Å². The lowest BCUT2D eigenvalue weighted by molar-refractivity contribution is -0.138. The lowest BCUT2D eigenvalue weighted by Crippen LogP contribution is -2.48. The Labute approximate surface area is 118 Å². The van der Waals surface area contributed by atoms with Gasteiger partial charge in [0.05, 0.1) is 0 Å². The van der Waals surface area contributed by atoms with Crippen molar-refractivity contribution in [3.05, 3.63) is 0 Å². The van der Waals surface area contributed by atoms with E-state index in [4.69, 9.17) is 5.11 Å². The minimum atomic E-state index is -0.815.